The van der Waals surface area contributed by atoms with E-state index in [9.17, 15) is 24.3 Å². The van der Waals surface area contributed by atoms with E-state index in [0.29, 0.717) is 6.42 Å². The van der Waals surface area contributed by atoms with Crippen molar-refractivity contribution in [2.75, 3.05) is 18.8 Å². The normalized spacial score (nSPS) is 13.7. The van der Waals surface area contributed by atoms with Crippen LogP contribution in [0.5, 0.6) is 0 Å². The van der Waals surface area contributed by atoms with Crippen LogP contribution in [0.4, 0.5) is 0 Å². The van der Waals surface area contributed by atoms with Crippen LogP contribution >= 0.6 is 12.6 Å². The van der Waals surface area contributed by atoms with Gasteiger partial charge in [-0.15, -0.1) is 0 Å². The molecule has 0 aromatic heterocycles. The molecule has 3 atom stereocenters. The molecule has 10 N–H and O–H groups in total. The van der Waals surface area contributed by atoms with Crippen LogP contribution < -0.4 is 33.2 Å². The second-order valence-corrected chi connectivity index (χ2v) is 6.95. The van der Waals surface area contributed by atoms with Crippen molar-refractivity contribution in [1.82, 2.24) is 16.0 Å². The van der Waals surface area contributed by atoms with Gasteiger partial charge in [-0.1, -0.05) is 13.8 Å². The van der Waals surface area contributed by atoms with Gasteiger partial charge in [-0.2, -0.15) is 12.6 Å². The van der Waals surface area contributed by atoms with Gasteiger partial charge in [0.1, 0.15) is 18.1 Å². The van der Waals surface area contributed by atoms with E-state index in [1.54, 1.807) is 13.8 Å². The van der Waals surface area contributed by atoms with Crippen molar-refractivity contribution >= 4 is 42.3 Å². The molecule has 0 aromatic carbocycles. The van der Waals surface area contributed by atoms with Gasteiger partial charge in [0, 0.05) is 12.3 Å². The van der Waals surface area contributed by atoms with Crippen LogP contribution in [0.3, 0.4) is 0 Å². The Balaban J connectivity index is 5.09. The fourth-order valence-corrected chi connectivity index (χ4v) is 2.52. The smallest absolute Gasteiger partial charge is 0.326 e. The van der Waals surface area contributed by atoms with Gasteiger partial charge >= 0.3 is 5.97 Å². The average Bonchev–Trinajstić information content (AvgIpc) is 2.64. The quantitative estimate of drug-likeness (QED) is 0.0651. The third kappa shape index (κ3) is 10.5. The number of amides is 3. The van der Waals surface area contributed by atoms with Crippen molar-refractivity contribution in [1.29, 1.82) is 0 Å². The van der Waals surface area contributed by atoms with E-state index >= 15 is 0 Å². The maximum atomic E-state index is 12.6. The fourth-order valence-electron chi connectivity index (χ4n) is 2.26. The zero-order chi connectivity index (χ0) is 22.6. The van der Waals surface area contributed by atoms with Crippen LogP contribution in [-0.4, -0.2) is 71.7 Å². The number of nitrogens with two attached hydrogens (primary N) is 3. The summed E-state index contributed by atoms with van der Waals surface area (Å²) in [5, 5.41) is 16.5. The van der Waals surface area contributed by atoms with Crippen molar-refractivity contribution in [3.8, 4) is 0 Å². The molecule has 0 heterocycles. The summed E-state index contributed by atoms with van der Waals surface area (Å²) in [6.45, 7) is 3.21. The number of thiol groups is 1. The van der Waals surface area contributed by atoms with Crippen molar-refractivity contribution < 1.29 is 24.3 Å². The fraction of sp³-hybridized carbons (Fsp3) is 0.688. The number of aliphatic imine (C=N–C) groups is 1. The molecule has 0 aliphatic carbocycles. The number of carbonyl (C=O) groups is 4. The molecule has 0 saturated heterocycles. The van der Waals surface area contributed by atoms with Crippen molar-refractivity contribution in [2.24, 2.45) is 28.1 Å². The van der Waals surface area contributed by atoms with Crippen molar-refractivity contribution in [2.45, 2.75) is 44.8 Å². The first-order valence-electron chi connectivity index (χ1n) is 9.02. The first-order valence-corrected chi connectivity index (χ1v) is 9.65. The molecule has 0 saturated carbocycles. The Morgan fingerprint density at radius 2 is 1.62 bits per heavy atom. The number of rotatable bonds is 13. The first-order chi connectivity index (χ1) is 13.5. The molecule has 0 rings (SSSR count). The van der Waals surface area contributed by atoms with E-state index in [-0.39, 0.29) is 37.1 Å². The van der Waals surface area contributed by atoms with Gasteiger partial charge in [0.15, 0.2) is 5.96 Å². The van der Waals surface area contributed by atoms with E-state index in [0.717, 1.165) is 0 Å². The van der Waals surface area contributed by atoms with Gasteiger partial charge in [0.2, 0.25) is 17.7 Å². The van der Waals surface area contributed by atoms with Crippen LogP contribution in [0, 0.1) is 5.92 Å². The minimum Gasteiger partial charge on any atom is -0.480 e. The number of carboxylic acid groups (broad SMARTS) is 1. The Bertz CT molecular complexity index is 610. The first kappa shape index (κ1) is 26.5. The van der Waals surface area contributed by atoms with Gasteiger partial charge in [-0.3, -0.25) is 19.4 Å². The van der Waals surface area contributed by atoms with Gasteiger partial charge in [-0.05, 0) is 18.8 Å². The summed E-state index contributed by atoms with van der Waals surface area (Å²) in [6.07, 6.45) is 0.575. The summed E-state index contributed by atoms with van der Waals surface area (Å²) in [5.41, 5.74) is 15.7. The lowest BCUT2D eigenvalue weighted by Crippen LogP contribution is -2.57. The molecule has 0 fully saturated rings. The number of nitrogens with one attached hydrogen (secondary N) is 3. The molecule has 29 heavy (non-hydrogen) atoms. The van der Waals surface area contributed by atoms with Gasteiger partial charge < -0.3 is 38.3 Å². The molecule has 0 spiro atoms. The minimum absolute atomic E-state index is 0.0758. The van der Waals surface area contributed by atoms with Crippen molar-refractivity contribution in [3.05, 3.63) is 0 Å². The Morgan fingerprint density at radius 1 is 1.03 bits per heavy atom. The van der Waals surface area contributed by atoms with Crippen LogP contribution in [0.2, 0.25) is 0 Å². The van der Waals surface area contributed by atoms with Crippen LogP contribution in [0.1, 0.15) is 26.7 Å². The highest BCUT2D eigenvalue weighted by atomic mass is 32.1. The Morgan fingerprint density at radius 3 is 2.07 bits per heavy atom. The highest BCUT2D eigenvalue weighted by molar-refractivity contribution is 7.80. The van der Waals surface area contributed by atoms with E-state index in [1.165, 1.54) is 0 Å². The molecule has 0 bridgehead atoms. The van der Waals surface area contributed by atoms with Gasteiger partial charge in [0.25, 0.3) is 0 Å². The summed E-state index contributed by atoms with van der Waals surface area (Å²) in [7, 11) is 0. The van der Waals surface area contributed by atoms with Crippen molar-refractivity contribution in [3.63, 3.8) is 0 Å². The molecular formula is C16H31N7O5S. The zero-order valence-electron chi connectivity index (χ0n) is 16.6. The third-order valence-corrected chi connectivity index (χ3v) is 4.19. The predicted octanol–water partition coefficient (Wildman–Crippen LogP) is -2.88. The molecule has 3 unspecified atom stereocenters. The Labute approximate surface area is 174 Å². The van der Waals surface area contributed by atoms with E-state index in [4.69, 9.17) is 17.2 Å². The molecule has 0 aliphatic rings. The number of carboxylic acids is 1. The Hall–Kier alpha value is -2.54. The molecule has 0 radical (unpaired) electrons. The molecular weight excluding hydrogens is 402 g/mol. The lowest BCUT2D eigenvalue weighted by atomic mass is 10.0. The zero-order valence-corrected chi connectivity index (χ0v) is 17.4. The summed E-state index contributed by atoms with van der Waals surface area (Å²) < 4.78 is 0. The van der Waals surface area contributed by atoms with E-state index < -0.39 is 41.8 Å². The van der Waals surface area contributed by atoms with Crippen LogP contribution in [0.15, 0.2) is 4.99 Å². The molecule has 3 amide bonds. The molecule has 166 valence electrons. The number of hydrogen-bond acceptors (Lipinski definition) is 7. The molecule has 13 heteroatoms. The summed E-state index contributed by atoms with van der Waals surface area (Å²) in [4.78, 5) is 51.6. The number of guanidine groups is 1. The average molecular weight is 434 g/mol. The molecule has 0 aromatic rings. The highest BCUT2D eigenvalue weighted by Gasteiger charge is 2.29. The number of aliphatic carboxylic acids is 1. The number of carbonyl (C=O) groups excluding carboxylic acids is 3. The maximum Gasteiger partial charge on any atom is 0.326 e. The predicted molar refractivity (Wildman–Crippen MR) is 111 cm³/mol. The van der Waals surface area contributed by atoms with E-state index in [2.05, 4.69) is 33.6 Å². The maximum absolute atomic E-state index is 12.6. The van der Waals surface area contributed by atoms with Crippen LogP contribution in [0.25, 0.3) is 0 Å². The van der Waals surface area contributed by atoms with Gasteiger partial charge in [0.05, 0.1) is 6.54 Å². The number of nitrogens with zero attached hydrogens (tertiary/aromatic N) is 1. The lowest BCUT2D eigenvalue weighted by Gasteiger charge is -2.24. The summed E-state index contributed by atoms with van der Waals surface area (Å²) in [5.74, 6) is -3.61. The van der Waals surface area contributed by atoms with Crippen LogP contribution in [-0.2, 0) is 19.2 Å². The Kier molecular flexibility index (Phi) is 12.4. The molecule has 0 aliphatic heterocycles. The molecule has 12 nitrogen and oxygen atoms in total. The van der Waals surface area contributed by atoms with Gasteiger partial charge in [-0.25, -0.2) is 4.79 Å². The topological polar surface area (TPSA) is 215 Å². The second kappa shape index (κ2) is 13.6. The summed E-state index contributed by atoms with van der Waals surface area (Å²) in [6, 6.07) is -3.19. The minimum atomic E-state index is -1.19. The number of hydrogen-bond donors (Lipinski definition) is 8. The summed E-state index contributed by atoms with van der Waals surface area (Å²) >= 11 is 4.04. The second-order valence-electron chi connectivity index (χ2n) is 6.59. The third-order valence-electron chi connectivity index (χ3n) is 3.83. The SMILES string of the molecule is CC(C)C(NC(=O)C(CS)NC(=O)C(CCCN=C(N)N)NC(=O)CN)C(=O)O. The lowest BCUT2D eigenvalue weighted by molar-refractivity contribution is -0.143. The standard InChI is InChI=1S/C16H31N7O5S/c1-8(2)12(15(27)28)23-14(26)10(7-29)22-13(25)9(21-11(24)6-17)4-3-5-20-16(18)19/h8-10,12,29H,3-7,17H2,1-2H3,(H,21,24)(H,22,25)(H,23,26)(H,27,28)(H4,18,19,20). The highest BCUT2D eigenvalue weighted by Crippen LogP contribution is 2.04. The largest absolute Gasteiger partial charge is 0.480 e. The van der Waals surface area contributed by atoms with E-state index in [1.807, 2.05) is 0 Å². The monoisotopic (exact) mass is 433 g/mol.